The molecule has 2 aliphatic rings. The van der Waals surface area contributed by atoms with Crippen LogP contribution in [0.5, 0.6) is 0 Å². The molecule has 2 rings (SSSR count). The number of piperidine rings is 1. The highest BCUT2D eigenvalue weighted by atomic mass is 16.5. The molecule has 0 bridgehead atoms. The van der Waals surface area contributed by atoms with Gasteiger partial charge in [0.2, 0.25) is 5.91 Å². The average Bonchev–Trinajstić information content (AvgIpc) is 2.49. The van der Waals surface area contributed by atoms with E-state index in [1.54, 1.807) is 0 Å². The Hall–Kier alpha value is -0.650. The van der Waals surface area contributed by atoms with Gasteiger partial charge in [-0.05, 0) is 44.8 Å². The van der Waals surface area contributed by atoms with Gasteiger partial charge in [0.05, 0.1) is 13.2 Å². The second-order valence-electron chi connectivity index (χ2n) is 5.56. The van der Waals surface area contributed by atoms with E-state index in [2.05, 4.69) is 4.90 Å². The molecular formula is C14H26N2O3. The minimum atomic E-state index is 0.272. The number of rotatable bonds is 5. The van der Waals surface area contributed by atoms with Crippen LogP contribution < -0.4 is 0 Å². The lowest BCUT2D eigenvalue weighted by atomic mass is 9.98. The number of carbonyl (C=O) groups is 1. The predicted molar refractivity (Wildman–Crippen MR) is 72.9 cm³/mol. The third-order valence-corrected chi connectivity index (χ3v) is 4.19. The van der Waals surface area contributed by atoms with Crippen molar-refractivity contribution < 1.29 is 14.6 Å². The fraction of sp³-hybridized carbons (Fsp3) is 0.929. The van der Waals surface area contributed by atoms with Crippen LogP contribution in [0.25, 0.3) is 0 Å². The number of amides is 1. The number of hydrogen-bond donors (Lipinski definition) is 1. The fourth-order valence-corrected chi connectivity index (χ4v) is 2.82. The normalized spacial score (nSPS) is 22.7. The molecule has 0 saturated carbocycles. The standard InChI is InChI=1S/C14H26N2O3/c17-12-13-3-6-15(7-4-13)5-1-2-14(18)16-8-10-19-11-9-16/h13,17H,1-12H2. The maximum atomic E-state index is 12.0. The molecule has 1 N–H and O–H groups in total. The van der Waals surface area contributed by atoms with E-state index in [1.165, 1.54) is 0 Å². The van der Waals surface area contributed by atoms with Gasteiger partial charge in [-0.25, -0.2) is 0 Å². The molecule has 0 aliphatic carbocycles. The van der Waals surface area contributed by atoms with Crippen LogP contribution in [0.3, 0.4) is 0 Å². The molecule has 0 aromatic rings. The monoisotopic (exact) mass is 270 g/mol. The molecule has 5 heteroatoms. The van der Waals surface area contributed by atoms with Gasteiger partial charge in [0.1, 0.15) is 0 Å². The van der Waals surface area contributed by atoms with Crippen molar-refractivity contribution in [3.8, 4) is 0 Å². The maximum absolute atomic E-state index is 12.0. The van der Waals surface area contributed by atoms with E-state index in [1.807, 2.05) is 4.90 Å². The summed E-state index contributed by atoms with van der Waals surface area (Å²) >= 11 is 0. The summed E-state index contributed by atoms with van der Waals surface area (Å²) in [5.74, 6) is 0.764. The minimum Gasteiger partial charge on any atom is -0.396 e. The zero-order valence-electron chi connectivity index (χ0n) is 11.7. The third-order valence-electron chi connectivity index (χ3n) is 4.19. The molecule has 0 atom stereocenters. The molecule has 0 aromatic heterocycles. The second-order valence-corrected chi connectivity index (χ2v) is 5.56. The molecule has 2 saturated heterocycles. The Labute approximate surface area is 115 Å². The highest BCUT2D eigenvalue weighted by Gasteiger charge is 2.19. The summed E-state index contributed by atoms with van der Waals surface area (Å²) in [6, 6.07) is 0. The first kappa shape index (κ1) is 14.8. The van der Waals surface area contributed by atoms with Gasteiger partial charge < -0.3 is 19.6 Å². The van der Waals surface area contributed by atoms with Crippen LogP contribution in [-0.4, -0.2) is 73.4 Å². The number of aliphatic hydroxyl groups excluding tert-OH is 1. The van der Waals surface area contributed by atoms with E-state index < -0.39 is 0 Å². The van der Waals surface area contributed by atoms with E-state index in [9.17, 15) is 4.79 Å². The van der Waals surface area contributed by atoms with Crippen LogP contribution in [0, 0.1) is 5.92 Å². The number of ether oxygens (including phenoxy) is 1. The van der Waals surface area contributed by atoms with Gasteiger partial charge >= 0.3 is 0 Å². The Morgan fingerprint density at radius 2 is 1.84 bits per heavy atom. The van der Waals surface area contributed by atoms with Gasteiger partial charge in [0, 0.05) is 26.1 Å². The third kappa shape index (κ3) is 4.75. The number of aliphatic hydroxyl groups is 1. The van der Waals surface area contributed by atoms with Crippen molar-refractivity contribution in [2.75, 3.05) is 52.5 Å². The molecule has 5 nitrogen and oxygen atoms in total. The van der Waals surface area contributed by atoms with Gasteiger partial charge in [-0.15, -0.1) is 0 Å². The topological polar surface area (TPSA) is 53.0 Å². The molecule has 2 heterocycles. The molecule has 0 radical (unpaired) electrons. The van der Waals surface area contributed by atoms with Gasteiger partial charge in [-0.3, -0.25) is 4.79 Å². The maximum Gasteiger partial charge on any atom is 0.222 e. The largest absolute Gasteiger partial charge is 0.396 e. The van der Waals surface area contributed by atoms with Crippen LogP contribution in [0.2, 0.25) is 0 Å². The van der Waals surface area contributed by atoms with Crippen molar-refractivity contribution >= 4 is 5.91 Å². The summed E-state index contributed by atoms with van der Waals surface area (Å²) < 4.78 is 5.25. The van der Waals surface area contributed by atoms with Crippen LogP contribution in [0.1, 0.15) is 25.7 Å². The summed E-state index contributed by atoms with van der Waals surface area (Å²) in [5, 5.41) is 9.09. The summed E-state index contributed by atoms with van der Waals surface area (Å²) in [5.41, 5.74) is 0. The first-order valence-electron chi connectivity index (χ1n) is 7.48. The number of likely N-dealkylation sites (tertiary alicyclic amines) is 1. The predicted octanol–water partition coefficient (Wildman–Crippen LogP) is 0.330. The molecule has 0 aromatic carbocycles. The van der Waals surface area contributed by atoms with Gasteiger partial charge in [0.15, 0.2) is 0 Å². The quantitative estimate of drug-likeness (QED) is 0.782. The van der Waals surface area contributed by atoms with Gasteiger partial charge in [0.25, 0.3) is 0 Å². The zero-order valence-corrected chi connectivity index (χ0v) is 11.7. The van der Waals surface area contributed by atoms with Crippen molar-refractivity contribution in [2.24, 2.45) is 5.92 Å². The average molecular weight is 270 g/mol. The Bertz CT molecular complexity index is 272. The number of morpholine rings is 1. The van der Waals surface area contributed by atoms with Gasteiger partial charge in [-0.1, -0.05) is 0 Å². The first-order chi connectivity index (χ1) is 9.29. The van der Waals surface area contributed by atoms with E-state index in [0.717, 1.165) is 52.0 Å². The summed E-state index contributed by atoms with van der Waals surface area (Å²) in [6.07, 6.45) is 3.78. The van der Waals surface area contributed by atoms with Crippen LogP contribution in [0.15, 0.2) is 0 Å². The summed E-state index contributed by atoms with van der Waals surface area (Å²) in [4.78, 5) is 16.3. The Kier molecular flexibility index (Phi) is 6.07. The highest BCUT2D eigenvalue weighted by Crippen LogP contribution is 2.16. The lowest BCUT2D eigenvalue weighted by molar-refractivity contribution is -0.135. The molecule has 19 heavy (non-hydrogen) atoms. The van der Waals surface area contributed by atoms with E-state index in [4.69, 9.17) is 9.84 Å². The molecule has 2 aliphatic heterocycles. The number of carbonyl (C=O) groups excluding carboxylic acids is 1. The van der Waals surface area contributed by atoms with Gasteiger partial charge in [-0.2, -0.15) is 0 Å². The summed E-state index contributed by atoms with van der Waals surface area (Å²) in [6.45, 7) is 6.33. The lowest BCUT2D eigenvalue weighted by Crippen LogP contribution is -2.41. The second kappa shape index (κ2) is 7.82. The van der Waals surface area contributed by atoms with Crippen molar-refractivity contribution in [3.05, 3.63) is 0 Å². The Morgan fingerprint density at radius 1 is 1.16 bits per heavy atom. The van der Waals surface area contributed by atoms with Crippen molar-refractivity contribution in [2.45, 2.75) is 25.7 Å². The minimum absolute atomic E-state index is 0.272. The molecule has 110 valence electrons. The van der Waals surface area contributed by atoms with E-state index >= 15 is 0 Å². The number of hydrogen-bond acceptors (Lipinski definition) is 4. The highest BCUT2D eigenvalue weighted by molar-refractivity contribution is 5.76. The Morgan fingerprint density at radius 3 is 2.47 bits per heavy atom. The molecular weight excluding hydrogens is 244 g/mol. The Balaban J connectivity index is 1.57. The molecule has 0 spiro atoms. The van der Waals surface area contributed by atoms with Crippen molar-refractivity contribution in [3.63, 3.8) is 0 Å². The summed E-state index contributed by atoms with van der Waals surface area (Å²) in [7, 11) is 0. The van der Waals surface area contributed by atoms with Crippen molar-refractivity contribution in [1.29, 1.82) is 0 Å². The SMILES string of the molecule is O=C(CCCN1CCC(CO)CC1)N1CCOCC1. The molecule has 0 unspecified atom stereocenters. The molecule has 1 amide bonds. The van der Waals surface area contributed by atoms with E-state index in [0.29, 0.717) is 32.2 Å². The lowest BCUT2D eigenvalue weighted by Gasteiger charge is -2.31. The smallest absolute Gasteiger partial charge is 0.222 e. The van der Waals surface area contributed by atoms with Crippen LogP contribution >= 0.6 is 0 Å². The molecule has 2 fully saturated rings. The first-order valence-corrected chi connectivity index (χ1v) is 7.48. The van der Waals surface area contributed by atoms with Crippen molar-refractivity contribution in [1.82, 2.24) is 9.80 Å². The van der Waals surface area contributed by atoms with Crippen LogP contribution in [0.4, 0.5) is 0 Å². The fourth-order valence-electron chi connectivity index (χ4n) is 2.82. The zero-order chi connectivity index (χ0) is 13.5. The number of nitrogens with zero attached hydrogens (tertiary/aromatic N) is 2. The van der Waals surface area contributed by atoms with Crippen LogP contribution in [-0.2, 0) is 9.53 Å². The van der Waals surface area contributed by atoms with E-state index in [-0.39, 0.29) is 5.91 Å².